The molecule has 4 nitrogen and oxygen atoms in total. The Labute approximate surface area is 139 Å². The number of hydrogen-bond acceptors (Lipinski definition) is 7. The number of anilines is 2. The van der Waals surface area contributed by atoms with Crippen LogP contribution in [0.15, 0.2) is 53.2 Å². The predicted molar refractivity (Wildman–Crippen MR) is 94.1 cm³/mol. The van der Waals surface area contributed by atoms with Crippen LogP contribution >= 0.6 is 34.0 Å². The summed E-state index contributed by atoms with van der Waals surface area (Å²) in [6.07, 6.45) is 0. The maximum absolute atomic E-state index is 4.60. The number of aromatic nitrogens is 3. The van der Waals surface area contributed by atoms with Crippen molar-refractivity contribution in [1.29, 1.82) is 0 Å². The third kappa shape index (κ3) is 2.78. The molecule has 0 unspecified atom stereocenters. The second-order valence-electron chi connectivity index (χ2n) is 4.42. The number of nitrogens with one attached hydrogen (secondary N) is 1. The minimum atomic E-state index is 0.761. The summed E-state index contributed by atoms with van der Waals surface area (Å²) in [5.74, 6) is 0. The fourth-order valence-corrected chi connectivity index (χ4v) is 4.26. The van der Waals surface area contributed by atoms with E-state index in [2.05, 4.69) is 32.6 Å². The first-order valence-electron chi connectivity index (χ1n) is 6.54. The van der Waals surface area contributed by atoms with E-state index in [1.165, 1.54) is 11.3 Å². The van der Waals surface area contributed by atoms with Gasteiger partial charge in [0.05, 0.1) is 10.6 Å². The number of hydrogen-bond donors (Lipinski definition) is 1. The van der Waals surface area contributed by atoms with Crippen molar-refractivity contribution in [3.8, 4) is 21.1 Å². The van der Waals surface area contributed by atoms with E-state index >= 15 is 0 Å². The van der Waals surface area contributed by atoms with Crippen LogP contribution < -0.4 is 5.32 Å². The maximum atomic E-state index is 4.60. The van der Waals surface area contributed by atoms with Gasteiger partial charge in [0.1, 0.15) is 0 Å². The van der Waals surface area contributed by atoms with Gasteiger partial charge in [-0.3, -0.25) is 0 Å². The number of nitrogens with zero attached hydrogens (tertiary/aromatic N) is 3. The van der Waals surface area contributed by atoms with E-state index in [-0.39, 0.29) is 0 Å². The Morgan fingerprint density at radius 3 is 2.59 bits per heavy atom. The van der Waals surface area contributed by atoms with Crippen LogP contribution in [-0.4, -0.2) is 15.2 Å². The SMILES string of the molecule is c1ccc(-c2csc(Nc3nnc(-c4cccs4)s3)n2)cc1. The molecule has 0 aliphatic rings. The molecule has 1 N–H and O–H groups in total. The zero-order valence-corrected chi connectivity index (χ0v) is 13.7. The topological polar surface area (TPSA) is 50.7 Å². The lowest BCUT2D eigenvalue weighted by Gasteiger charge is -1.96. The van der Waals surface area contributed by atoms with Gasteiger partial charge in [-0.15, -0.1) is 32.9 Å². The lowest BCUT2D eigenvalue weighted by Crippen LogP contribution is -1.88. The van der Waals surface area contributed by atoms with Gasteiger partial charge in [-0.05, 0) is 11.4 Å². The third-order valence-corrected chi connectivity index (χ3v) is 5.58. The Morgan fingerprint density at radius 2 is 1.77 bits per heavy atom. The van der Waals surface area contributed by atoms with Crippen LogP contribution in [0.3, 0.4) is 0 Å². The molecule has 7 heteroatoms. The van der Waals surface area contributed by atoms with Crippen molar-refractivity contribution >= 4 is 44.3 Å². The van der Waals surface area contributed by atoms with Gasteiger partial charge in [-0.1, -0.05) is 47.7 Å². The van der Waals surface area contributed by atoms with Crippen molar-refractivity contribution in [2.75, 3.05) is 5.32 Å². The van der Waals surface area contributed by atoms with Gasteiger partial charge in [-0.25, -0.2) is 4.98 Å². The molecular weight excluding hydrogens is 332 g/mol. The van der Waals surface area contributed by atoms with Crippen LogP contribution in [0.25, 0.3) is 21.1 Å². The Hall–Kier alpha value is -2.09. The summed E-state index contributed by atoms with van der Waals surface area (Å²) in [6.45, 7) is 0. The lowest BCUT2D eigenvalue weighted by molar-refractivity contribution is 1.10. The number of benzene rings is 1. The predicted octanol–water partition coefficient (Wildman–Crippen LogP) is 5.13. The summed E-state index contributed by atoms with van der Waals surface area (Å²) in [6, 6.07) is 14.2. The zero-order chi connectivity index (χ0) is 14.8. The van der Waals surface area contributed by atoms with E-state index in [1.54, 1.807) is 22.7 Å². The van der Waals surface area contributed by atoms with Gasteiger partial charge >= 0.3 is 0 Å². The first-order chi connectivity index (χ1) is 10.9. The molecule has 4 aromatic rings. The first-order valence-corrected chi connectivity index (χ1v) is 9.11. The van der Waals surface area contributed by atoms with Gasteiger partial charge < -0.3 is 5.32 Å². The lowest BCUT2D eigenvalue weighted by atomic mass is 10.2. The Bertz CT molecular complexity index is 865. The van der Waals surface area contributed by atoms with E-state index < -0.39 is 0 Å². The van der Waals surface area contributed by atoms with Crippen LogP contribution in [0.4, 0.5) is 10.3 Å². The van der Waals surface area contributed by atoms with Crippen molar-refractivity contribution in [3.05, 3.63) is 53.2 Å². The Balaban J connectivity index is 1.54. The van der Waals surface area contributed by atoms with Crippen molar-refractivity contribution in [2.24, 2.45) is 0 Å². The van der Waals surface area contributed by atoms with Gasteiger partial charge in [-0.2, -0.15) is 0 Å². The zero-order valence-electron chi connectivity index (χ0n) is 11.3. The van der Waals surface area contributed by atoms with Gasteiger partial charge in [0.2, 0.25) is 5.13 Å². The summed E-state index contributed by atoms with van der Waals surface area (Å²) in [5.41, 5.74) is 2.08. The normalized spacial score (nSPS) is 10.7. The molecule has 0 saturated carbocycles. The summed E-state index contributed by atoms with van der Waals surface area (Å²) in [7, 11) is 0. The Kier molecular flexibility index (Phi) is 3.67. The molecule has 0 atom stereocenters. The van der Waals surface area contributed by atoms with Gasteiger partial charge in [0.15, 0.2) is 10.1 Å². The second kappa shape index (κ2) is 5.96. The molecule has 0 bridgehead atoms. The van der Waals surface area contributed by atoms with E-state index in [0.717, 1.165) is 31.4 Å². The highest BCUT2D eigenvalue weighted by atomic mass is 32.1. The van der Waals surface area contributed by atoms with Crippen LogP contribution in [-0.2, 0) is 0 Å². The quantitative estimate of drug-likeness (QED) is 0.558. The van der Waals surface area contributed by atoms with Gasteiger partial charge in [0.25, 0.3) is 0 Å². The molecule has 4 rings (SSSR count). The molecule has 0 radical (unpaired) electrons. The van der Waals surface area contributed by atoms with Crippen LogP contribution in [0.1, 0.15) is 0 Å². The van der Waals surface area contributed by atoms with Crippen LogP contribution in [0, 0.1) is 0 Å². The van der Waals surface area contributed by atoms with Crippen LogP contribution in [0.2, 0.25) is 0 Å². The molecule has 3 heterocycles. The largest absolute Gasteiger partial charge is 0.306 e. The molecule has 0 spiro atoms. The Morgan fingerprint density at radius 1 is 0.864 bits per heavy atom. The molecule has 0 saturated heterocycles. The fourth-order valence-electron chi connectivity index (χ4n) is 1.94. The average molecular weight is 342 g/mol. The molecule has 0 aliphatic heterocycles. The van der Waals surface area contributed by atoms with Crippen LogP contribution in [0.5, 0.6) is 0 Å². The minimum Gasteiger partial charge on any atom is -0.306 e. The third-order valence-electron chi connectivity index (χ3n) is 2.94. The molecule has 1 aromatic carbocycles. The first kappa shape index (κ1) is 13.6. The van der Waals surface area contributed by atoms with E-state index in [9.17, 15) is 0 Å². The molecule has 0 amide bonds. The van der Waals surface area contributed by atoms with Gasteiger partial charge in [0, 0.05) is 10.9 Å². The molecule has 0 fully saturated rings. The summed E-state index contributed by atoms with van der Waals surface area (Å²) in [4.78, 5) is 5.73. The van der Waals surface area contributed by atoms with E-state index in [1.807, 2.05) is 41.1 Å². The smallest absolute Gasteiger partial charge is 0.212 e. The summed E-state index contributed by atoms with van der Waals surface area (Å²) in [5, 5.41) is 18.2. The number of thiophene rings is 1. The molecule has 108 valence electrons. The molecule has 3 aromatic heterocycles. The van der Waals surface area contributed by atoms with Crippen molar-refractivity contribution in [1.82, 2.24) is 15.2 Å². The summed E-state index contributed by atoms with van der Waals surface area (Å²) >= 11 is 4.76. The van der Waals surface area contributed by atoms with Crippen molar-refractivity contribution in [3.63, 3.8) is 0 Å². The highest BCUT2D eigenvalue weighted by Crippen LogP contribution is 2.32. The van der Waals surface area contributed by atoms with Crippen molar-refractivity contribution in [2.45, 2.75) is 0 Å². The monoisotopic (exact) mass is 342 g/mol. The second-order valence-corrected chi connectivity index (χ2v) is 7.20. The molecule has 0 aliphatic carbocycles. The number of rotatable bonds is 4. The van der Waals surface area contributed by atoms with E-state index in [0.29, 0.717) is 0 Å². The standard InChI is InChI=1S/C15H10N4S3/c1-2-5-10(6-3-1)11-9-21-14(16-11)17-15-19-18-13(22-15)12-7-4-8-20-12/h1-9H,(H,16,17,19). The number of thiazole rings is 1. The van der Waals surface area contributed by atoms with E-state index in [4.69, 9.17) is 0 Å². The van der Waals surface area contributed by atoms with Crippen molar-refractivity contribution < 1.29 is 0 Å². The maximum Gasteiger partial charge on any atom is 0.212 e. The molecule has 22 heavy (non-hydrogen) atoms. The fraction of sp³-hybridized carbons (Fsp3) is 0. The average Bonchev–Trinajstić information content (AvgIpc) is 3.30. The summed E-state index contributed by atoms with van der Waals surface area (Å²) < 4.78 is 0. The highest BCUT2D eigenvalue weighted by Gasteiger charge is 2.10. The highest BCUT2D eigenvalue weighted by molar-refractivity contribution is 7.23. The minimum absolute atomic E-state index is 0.761. The molecular formula is C15H10N4S3.